The molecule has 5 nitrogen and oxygen atoms in total. The Kier molecular flexibility index (Phi) is 4.90. The summed E-state index contributed by atoms with van der Waals surface area (Å²) >= 11 is 0. The molecule has 1 aromatic heterocycles. The third-order valence-electron chi connectivity index (χ3n) is 5.04. The van der Waals surface area contributed by atoms with Crippen molar-refractivity contribution in [2.45, 2.75) is 69.5 Å². The summed E-state index contributed by atoms with van der Waals surface area (Å²) in [5.41, 5.74) is -1.15. The molecular weight excluding hydrogens is 323 g/mol. The van der Waals surface area contributed by atoms with Crippen LogP contribution in [0.3, 0.4) is 0 Å². The van der Waals surface area contributed by atoms with Crippen molar-refractivity contribution >= 4 is 0 Å². The Morgan fingerprint density at radius 3 is 2.58 bits per heavy atom. The van der Waals surface area contributed by atoms with Crippen LogP contribution in [0.15, 0.2) is 6.07 Å². The van der Waals surface area contributed by atoms with Gasteiger partial charge in [-0.25, -0.2) is 0 Å². The van der Waals surface area contributed by atoms with Gasteiger partial charge in [0.2, 0.25) is 0 Å². The van der Waals surface area contributed by atoms with E-state index in [4.69, 9.17) is 0 Å². The van der Waals surface area contributed by atoms with Gasteiger partial charge in [-0.15, -0.1) is 0 Å². The lowest BCUT2D eigenvalue weighted by Crippen LogP contribution is -2.43. The van der Waals surface area contributed by atoms with E-state index < -0.39 is 23.6 Å². The van der Waals surface area contributed by atoms with Crippen molar-refractivity contribution in [2.24, 2.45) is 0 Å². The minimum atomic E-state index is -4.43. The molecule has 3 rings (SSSR count). The average molecular weight is 347 g/mol. The normalized spacial score (nSPS) is 23.0. The van der Waals surface area contributed by atoms with Gasteiger partial charge in [0.15, 0.2) is 5.69 Å². The predicted molar refractivity (Wildman–Crippen MR) is 81.2 cm³/mol. The van der Waals surface area contributed by atoms with Crippen LogP contribution in [0, 0.1) is 0 Å². The molecule has 1 aliphatic carbocycles. The number of aliphatic hydroxyl groups is 2. The predicted octanol–water partition coefficient (Wildman–Crippen LogP) is 2.16. The molecule has 8 heteroatoms. The van der Waals surface area contributed by atoms with Crippen molar-refractivity contribution in [1.82, 2.24) is 14.7 Å². The average Bonchev–Trinajstić information content (AvgIpc) is 2.90. The van der Waals surface area contributed by atoms with E-state index in [2.05, 4.69) is 5.10 Å². The smallest absolute Gasteiger partial charge is 0.392 e. The molecule has 0 bridgehead atoms. The molecule has 0 aromatic carbocycles. The number of nitrogens with zero attached hydrogens (tertiary/aromatic N) is 3. The van der Waals surface area contributed by atoms with Crippen LogP contribution >= 0.6 is 0 Å². The Morgan fingerprint density at radius 1 is 1.21 bits per heavy atom. The van der Waals surface area contributed by atoms with E-state index in [9.17, 15) is 23.4 Å². The van der Waals surface area contributed by atoms with Crippen LogP contribution in [0.25, 0.3) is 0 Å². The second kappa shape index (κ2) is 6.65. The highest BCUT2D eigenvalue weighted by molar-refractivity contribution is 5.14. The molecule has 1 saturated carbocycles. The van der Waals surface area contributed by atoms with Gasteiger partial charge in [-0.2, -0.15) is 18.3 Å². The van der Waals surface area contributed by atoms with Crippen LogP contribution in [-0.2, 0) is 19.3 Å². The number of fused-ring (bicyclic) bond motifs is 1. The van der Waals surface area contributed by atoms with Gasteiger partial charge in [0, 0.05) is 26.1 Å². The molecule has 24 heavy (non-hydrogen) atoms. The second-order valence-electron chi connectivity index (χ2n) is 7.12. The fourth-order valence-corrected chi connectivity index (χ4v) is 3.83. The number of alkyl halides is 3. The summed E-state index contributed by atoms with van der Waals surface area (Å²) in [5.74, 6) is 0. The summed E-state index contributed by atoms with van der Waals surface area (Å²) in [5, 5.41) is 24.4. The van der Waals surface area contributed by atoms with Crippen molar-refractivity contribution in [3.05, 3.63) is 17.5 Å². The van der Waals surface area contributed by atoms with E-state index >= 15 is 0 Å². The van der Waals surface area contributed by atoms with Crippen molar-refractivity contribution < 1.29 is 23.4 Å². The number of aliphatic hydroxyl groups excluding tert-OH is 1. The van der Waals surface area contributed by atoms with Crippen LogP contribution in [0.1, 0.15) is 49.9 Å². The largest absolute Gasteiger partial charge is 0.435 e. The summed E-state index contributed by atoms with van der Waals surface area (Å²) in [7, 11) is 0. The first-order valence-corrected chi connectivity index (χ1v) is 8.52. The maximum atomic E-state index is 12.7. The van der Waals surface area contributed by atoms with Crippen LogP contribution in [0.4, 0.5) is 13.2 Å². The minimum absolute atomic E-state index is 0.330. The maximum Gasteiger partial charge on any atom is 0.435 e. The van der Waals surface area contributed by atoms with E-state index in [1.165, 1.54) is 4.68 Å². The van der Waals surface area contributed by atoms with Gasteiger partial charge in [-0.1, -0.05) is 19.3 Å². The number of hydrogen-bond acceptors (Lipinski definition) is 4. The first kappa shape index (κ1) is 17.7. The lowest BCUT2D eigenvalue weighted by Gasteiger charge is -2.36. The summed E-state index contributed by atoms with van der Waals surface area (Å²) in [6, 6.07) is 1.08. The van der Waals surface area contributed by atoms with Gasteiger partial charge in [0.05, 0.1) is 23.9 Å². The Hall–Kier alpha value is -1.12. The monoisotopic (exact) mass is 347 g/mol. The van der Waals surface area contributed by atoms with Crippen LogP contribution in [0.2, 0.25) is 0 Å². The highest BCUT2D eigenvalue weighted by atomic mass is 19.4. The van der Waals surface area contributed by atoms with E-state index in [1.54, 1.807) is 0 Å². The standard InChI is InChI=1S/C16H24F3N3O2/c17-16(18,19)14-8-12-10-21(6-7-22(12)20-14)11-13(23)9-15(24)4-2-1-3-5-15/h8,13,23-24H,1-7,9-11H2. The first-order valence-electron chi connectivity index (χ1n) is 8.52. The molecule has 0 spiro atoms. The molecule has 136 valence electrons. The molecular formula is C16H24F3N3O2. The number of halogens is 3. The van der Waals surface area contributed by atoms with Gasteiger partial charge in [0.25, 0.3) is 0 Å². The number of aromatic nitrogens is 2. The highest BCUT2D eigenvalue weighted by Crippen LogP contribution is 2.32. The minimum Gasteiger partial charge on any atom is -0.392 e. The van der Waals surface area contributed by atoms with Crippen molar-refractivity contribution in [1.29, 1.82) is 0 Å². The van der Waals surface area contributed by atoms with Gasteiger partial charge in [-0.05, 0) is 18.9 Å². The molecule has 1 unspecified atom stereocenters. The first-order chi connectivity index (χ1) is 11.3. The van der Waals surface area contributed by atoms with Crippen molar-refractivity contribution in [3.63, 3.8) is 0 Å². The van der Waals surface area contributed by atoms with Crippen molar-refractivity contribution in [2.75, 3.05) is 13.1 Å². The molecule has 2 aliphatic rings. The molecule has 1 aliphatic heterocycles. The molecule has 0 radical (unpaired) electrons. The number of hydrogen-bond donors (Lipinski definition) is 2. The lowest BCUT2D eigenvalue weighted by atomic mass is 9.81. The Bertz CT molecular complexity index is 567. The zero-order chi connectivity index (χ0) is 17.4. The molecule has 1 aromatic rings. The molecule has 0 saturated heterocycles. The van der Waals surface area contributed by atoms with Gasteiger partial charge in [-0.3, -0.25) is 9.58 Å². The maximum absolute atomic E-state index is 12.7. The molecule has 1 atom stereocenters. The Balaban J connectivity index is 1.56. The number of rotatable bonds is 4. The van der Waals surface area contributed by atoms with E-state index in [0.717, 1.165) is 25.3 Å². The van der Waals surface area contributed by atoms with Gasteiger partial charge < -0.3 is 10.2 Å². The molecule has 0 amide bonds. The lowest BCUT2D eigenvalue weighted by molar-refractivity contribution is -0.141. The summed E-state index contributed by atoms with van der Waals surface area (Å²) in [6.45, 7) is 1.61. The van der Waals surface area contributed by atoms with Gasteiger partial charge >= 0.3 is 6.18 Å². The fraction of sp³-hybridized carbons (Fsp3) is 0.812. The topological polar surface area (TPSA) is 61.5 Å². The van der Waals surface area contributed by atoms with E-state index in [1.807, 2.05) is 4.90 Å². The summed E-state index contributed by atoms with van der Waals surface area (Å²) in [4.78, 5) is 1.92. The second-order valence-corrected chi connectivity index (χ2v) is 7.12. The summed E-state index contributed by atoms with van der Waals surface area (Å²) < 4.78 is 39.6. The molecule has 2 heterocycles. The third kappa shape index (κ3) is 4.10. The highest BCUT2D eigenvalue weighted by Gasteiger charge is 2.36. The van der Waals surface area contributed by atoms with Crippen molar-refractivity contribution in [3.8, 4) is 0 Å². The zero-order valence-corrected chi connectivity index (χ0v) is 13.6. The van der Waals surface area contributed by atoms with Crippen LogP contribution < -0.4 is 0 Å². The zero-order valence-electron chi connectivity index (χ0n) is 13.6. The third-order valence-corrected chi connectivity index (χ3v) is 5.04. The van der Waals surface area contributed by atoms with E-state index in [-0.39, 0.29) is 0 Å². The molecule has 2 N–H and O–H groups in total. The Morgan fingerprint density at radius 2 is 1.92 bits per heavy atom. The fourth-order valence-electron chi connectivity index (χ4n) is 3.83. The van der Waals surface area contributed by atoms with Crippen LogP contribution in [0.5, 0.6) is 0 Å². The quantitative estimate of drug-likeness (QED) is 0.876. The summed E-state index contributed by atoms with van der Waals surface area (Å²) in [6.07, 6.45) is -0.272. The Labute approximate surface area is 139 Å². The van der Waals surface area contributed by atoms with Gasteiger partial charge in [0.1, 0.15) is 0 Å². The van der Waals surface area contributed by atoms with Crippen LogP contribution in [-0.4, -0.2) is 49.7 Å². The molecule has 1 fully saturated rings. The SMILES string of the molecule is OC(CN1CCn2nc(C(F)(F)F)cc2C1)CC1(O)CCCCC1. The number of β-amino-alcohol motifs (C(OH)–C–C–N with tert-alkyl or cyclic N) is 1. The van der Waals surface area contributed by atoms with E-state index in [0.29, 0.717) is 51.1 Å².